The average Bonchev–Trinajstić information content (AvgIpc) is 2.04. The van der Waals surface area contributed by atoms with E-state index in [0.29, 0.717) is 0 Å². The summed E-state index contributed by atoms with van der Waals surface area (Å²) in [5.74, 6) is 0.918. The van der Waals surface area contributed by atoms with Crippen LogP contribution in [0, 0.1) is 12.3 Å². The van der Waals surface area contributed by atoms with Gasteiger partial charge in [-0.3, -0.25) is 4.79 Å². The molecule has 1 aromatic rings. The number of carboxylic acids is 1. The quantitative estimate of drug-likeness (QED) is 0.575. The average molecular weight is 163 g/mol. The standard InChI is InChI=1S/C8H5NO3/c1-2-5-3-4-6(10)9-7(5)8(11)12/h1,3-4H,(H,9,10)(H,11,12). The van der Waals surface area contributed by atoms with Crippen molar-refractivity contribution in [3.63, 3.8) is 0 Å². The van der Waals surface area contributed by atoms with Gasteiger partial charge in [0.15, 0.2) is 0 Å². The molecule has 0 unspecified atom stereocenters. The van der Waals surface area contributed by atoms with Gasteiger partial charge in [0, 0.05) is 6.07 Å². The molecule has 12 heavy (non-hydrogen) atoms. The van der Waals surface area contributed by atoms with Crippen LogP contribution in [0.1, 0.15) is 16.1 Å². The Morgan fingerprint density at radius 1 is 1.58 bits per heavy atom. The maximum absolute atomic E-state index is 10.7. The third kappa shape index (κ3) is 1.35. The maximum atomic E-state index is 10.7. The molecule has 0 fully saturated rings. The molecule has 0 aliphatic heterocycles. The van der Waals surface area contributed by atoms with Crippen molar-refractivity contribution in [3.8, 4) is 12.3 Å². The van der Waals surface area contributed by atoms with Crippen LogP contribution < -0.4 is 5.56 Å². The SMILES string of the molecule is C#Cc1ccc(=O)[nH]c1C(=O)O. The summed E-state index contributed by atoms with van der Waals surface area (Å²) in [5, 5.41) is 8.56. The summed E-state index contributed by atoms with van der Waals surface area (Å²) >= 11 is 0. The second-order valence-electron chi connectivity index (χ2n) is 2.06. The molecule has 0 aliphatic carbocycles. The molecule has 0 bridgehead atoms. The number of rotatable bonds is 1. The van der Waals surface area contributed by atoms with Crippen molar-refractivity contribution in [2.75, 3.05) is 0 Å². The minimum atomic E-state index is -1.24. The number of carboxylic acid groups (broad SMARTS) is 1. The van der Waals surface area contributed by atoms with Crippen molar-refractivity contribution in [2.45, 2.75) is 0 Å². The van der Waals surface area contributed by atoms with E-state index in [1.54, 1.807) is 0 Å². The highest BCUT2D eigenvalue weighted by atomic mass is 16.4. The van der Waals surface area contributed by atoms with E-state index in [1.807, 2.05) is 0 Å². The Morgan fingerprint density at radius 2 is 2.25 bits per heavy atom. The van der Waals surface area contributed by atoms with Gasteiger partial charge in [0.2, 0.25) is 5.56 Å². The molecule has 0 radical (unpaired) electrons. The van der Waals surface area contributed by atoms with Crippen LogP contribution in [-0.2, 0) is 0 Å². The summed E-state index contributed by atoms with van der Waals surface area (Å²) in [5.41, 5.74) is -0.557. The Bertz CT molecular complexity index is 411. The Balaban J connectivity index is 3.44. The molecule has 4 nitrogen and oxygen atoms in total. The zero-order valence-corrected chi connectivity index (χ0v) is 6.00. The lowest BCUT2D eigenvalue weighted by Crippen LogP contribution is -2.13. The van der Waals surface area contributed by atoms with E-state index < -0.39 is 11.5 Å². The Labute approximate surface area is 67.9 Å². The zero-order chi connectivity index (χ0) is 9.14. The van der Waals surface area contributed by atoms with Gasteiger partial charge in [-0.1, -0.05) is 5.92 Å². The van der Waals surface area contributed by atoms with Gasteiger partial charge >= 0.3 is 5.97 Å². The van der Waals surface area contributed by atoms with Crippen LogP contribution in [0.15, 0.2) is 16.9 Å². The van der Waals surface area contributed by atoms with Crippen LogP contribution in [0.5, 0.6) is 0 Å². The van der Waals surface area contributed by atoms with E-state index in [4.69, 9.17) is 11.5 Å². The molecule has 0 aliphatic rings. The third-order valence-corrected chi connectivity index (χ3v) is 1.29. The van der Waals surface area contributed by atoms with E-state index in [-0.39, 0.29) is 11.3 Å². The predicted molar refractivity (Wildman–Crippen MR) is 42.0 cm³/mol. The highest BCUT2D eigenvalue weighted by molar-refractivity contribution is 5.88. The summed E-state index contributed by atoms with van der Waals surface area (Å²) in [6.07, 6.45) is 5.00. The van der Waals surface area contributed by atoms with Crippen LogP contribution in [-0.4, -0.2) is 16.1 Å². The molecule has 1 rings (SSSR count). The van der Waals surface area contributed by atoms with E-state index >= 15 is 0 Å². The van der Waals surface area contributed by atoms with Crippen molar-refractivity contribution < 1.29 is 9.90 Å². The molecule has 0 spiro atoms. The maximum Gasteiger partial charge on any atom is 0.353 e. The van der Waals surface area contributed by atoms with Crippen molar-refractivity contribution in [3.05, 3.63) is 33.7 Å². The summed E-state index contributed by atoms with van der Waals surface area (Å²) in [6, 6.07) is 2.48. The molecular weight excluding hydrogens is 158 g/mol. The van der Waals surface area contributed by atoms with Gasteiger partial charge in [-0.15, -0.1) is 6.42 Å². The Hall–Kier alpha value is -2.02. The number of hydrogen-bond acceptors (Lipinski definition) is 2. The molecule has 4 heteroatoms. The van der Waals surface area contributed by atoms with E-state index in [9.17, 15) is 9.59 Å². The number of pyridine rings is 1. The van der Waals surface area contributed by atoms with Gasteiger partial charge < -0.3 is 10.1 Å². The summed E-state index contributed by atoms with van der Waals surface area (Å²) in [6.45, 7) is 0. The van der Waals surface area contributed by atoms with Gasteiger partial charge in [-0.2, -0.15) is 0 Å². The van der Waals surface area contributed by atoms with E-state index in [1.165, 1.54) is 12.1 Å². The molecule has 1 heterocycles. The van der Waals surface area contributed by atoms with Gasteiger partial charge in [-0.05, 0) is 6.07 Å². The molecule has 60 valence electrons. The topological polar surface area (TPSA) is 70.2 Å². The molecule has 0 atom stereocenters. The van der Waals surface area contributed by atoms with Crippen LogP contribution in [0.3, 0.4) is 0 Å². The first kappa shape index (κ1) is 8.08. The minimum absolute atomic E-state index is 0.169. The lowest BCUT2D eigenvalue weighted by molar-refractivity contribution is 0.0690. The number of nitrogens with one attached hydrogen (secondary N) is 1. The molecule has 0 aromatic carbocycles. The largest absolute Gasteiger partial charge is 0.477 e. The van der Waals surface area contributed by atoms with Crippen LogP contribution in [0.4, 0.5) is 0 Å². The highest BCUT2D eigenvalue weighted by Gasteiger charge is 2.08. The monoisotopic (exact) mass is 163 g/mol. The summed E-state index contributed by atoms with van der Waals surface area (Å²) in [7, 11) is 0. The second kappa shape index (κ2) is 2.93. The first-order chi connectivity index (χ1) is 5.65. The third-order valence-electron chi connectivity index (χ3n) is 1.29. The number of aromatic nitrogens is 1. The van der Waals surface area contributed by atoms with Crippen LogP contribution in [0.25, 0.3) is 0 Å². The van der Waals surface area contributed by atoms with E-state index in [0.717, 1.165) is 0 Å². The molecule has 0 amide bonds. The van der Waals surface area contributed by atoms with Crippen molar-refractivity contribution >= 4 is 5.97 Å². The molecule has 0 saturated heterocycles. The van der Waals surface area contributed by atoms with Crippen molar-refractivity contribution in [1.82, 2.24) is 4.98 Å². The molecule has 0 saturated carbocycles. The molecule has 1 aromatic heterocycles. The van der Waals surface area contributed by atoms with Crippen molar-refractivity contribution in [2.24, 2.45) is 0 Å². The first-order valence-electron chi connectivity index (χ1n) is 3.08. The normalized spacial score (nSPS) is 8.92. The Kier molecular flexibility index (Phi) is 1.97. The first-order valence-corrected chi connectivity index (χ1v) is 3.08. The van der Waals surface area contributed by atoms with Crippen molar-refractivity contribution in [1.29, 1.82) is 0 Å². The number of aromatic carboxylic acids is 1. The number of H-pyrrole nitrogens is 1. The summed E-state index contributed by atoms with van der Waals surface area (Å²) < 4.78 is 0. The number of carbonyl (C=O) groups is 1. The molecule has 2 N–H and O–H groups in total. The van der Waals surface area contributed by atoms with Crippen LogP contribution in [0.2, 0.25) is 0 Å². The fraction of sp³-hybridized carbons (Fsp3) is 0. The van der Waals surface area contributed by atoms with Gasteiger partial charge in [0.05, 0.1) is 5.56 Å². The predicted octanol–water partition coefficient (Wildman–Crippen LogP) is 0.0544. The van der Waals surface area contributed by atoms with E-state index in [2.05, 4.69) is 10.9 Å². The lowest BCUT2D eigenvalue weighted by Gasteiger charge is -1.96. The fourth-order valence-corrected chi connectivity index (χ4v) is 0.764. The fourth-order valence-electron chi connectivity index (χ4n) is 0.764. The minimum Gasteiger partial charge on any atom is -0.477 e. The zero-order valence-electron chi connectivity index (χ0n) is 6.00. The number of aromatic amines is 1. The Morgan fingerprint density at radius 3 is 2.75 bits per heavy atom. The van der Waals surface area contributed by atoms with Gasteiger partial charge in [-0.25, -0.2) is 4.79 Å². The second-order valence-corrected chi connectivity index (χ2v) is 2.06. The number of terminal acetylenes is 1. The summed E-state index contributed by atoms with van der Waals surface area (Å²) in [4.78, 5) is 23.3. The van der Waals surface area contributed by atoms with Crippen LogP contribution >= 0.6 is 0 Å². The molecular formula is C8H5NO3. The highest BCUT2D eigenvalue weighted by Crippen LogP contribution is 1.99. The van der Waals surface area contributed by atoms with Gasteiger partial charge in [0.25, 0.3) is 0 Å². The number of hydrogen-bond donors (Lipinski definition) is 2. The lowest BCUT2D eigenvalue weighted by atomic mass is 10.2. The van der Waals surface area contributed by atoms with Gasteiger partial charge in [0.1, 0.15) is 5.69 Å². The smallest absolute Gasteiger partial charge is 0.353 e.